The molecule has 2 aromatic rings. The third-order valence-corrected chi connectivity index (χ3v) is 5.28. The van der Waals surface area contributed by atoms with Crippen molar-refractivity contribution in [2.24, 2.45) is 5.73 Å². The van der Waals surface area contributed by atoms with Crippen LogP contribution in [0.5, 0.6) is 0 Å². The molecule has 110 valence electrons. The summed E-state index contributed by atoms with van der Waals surface area (Å²) in [5.41, 5.74) is 12.3. The molecular formula is C19H24N2. The second-order valence-electron chi connectivity index (χ2n) is 6.72. The Hall–Kier alpha value is -1.54. The van der Waals surface area contributed by atoms with Gasteiger partial charge in [0.2, 0.25) is 0 Å². The fraction of sp³-hybridized carbons (Fsp3) is 0.474. The van der Waals surface area contributed by atoms with Gasteiger partial charge < -0.3 is 10.3 Å². The molecule has 0 saturated carbocycles. The standard InChI is InChI=1S/C19H24N2/c20-19-10-4-8-16-12-21(13-18(16)19)11-15-7-3-6-14-5-1-2-9-17(14)15/h1-2,5,9,12-13,15,19H,3-4,6-8,10-11,20H2. The summed E-state index contributed by atoms with van der Waals surface area (Å²) in [6.45, 7) is 1.11. The normalized spacial score (nSPS) is 24.4. The van der Waals surface area contributed by atoms with Crippen LogP contribution in [0.15, 0.2) is 36.7 Å². The molecule has 2 nitrogen and oxygen atoms in total. The van der Waals surface area contributed by atoms with Crippen molar-refractivity contribution in [3.05, 3.63) is 58.9 Å². The van der Waals surface area contributed by atoms with E-state index in [2.05, 4.69) is 41.2 Å². The number of aromatic nitrogens is 1. The average Bonchev–Trinajstić information content (AvgIpc) is 2.92. The summed E-state index contributed by atoms with van der Waals surface area (Å²) in [6.07, 6.45) is 12.1. The van der Waals surface area contributed by atoms with E-state index in [1.807, 2.05) is 0 Å². The first-order chi connectivity index (χ1) is 10.3. The highest BCUT2D eigenvalue weighted by molar-refractivity contribution is 5.34. The third-order valence-electron chi connectivity index (χ3n) is 5.28. The second kappa shape index (κ2) is 5.34. The van der Waals surface area contributed by atoms with Crippen molar-refractivity contribution in [1.29, 1.82) is 0 Å². The molecule has 2 N–H and O–H groups in total. The van der Waals surface area contributed by atoms with E-state index >= 15 is 0 Å². The van der Waals surface area contributed by atoms with Gasteiger partial charge in [0.25, 0.3) is 0 Å². The van der Waals surface area contributed by atoms with Gasteiger partial charge in [-0.3, -0.25) is 0 Å². The van der Waals surface area contributed by atoms with Gasteiger partial charge in [0.15, 0.2) is 0 Å². The molecular weight excluding hydrogens is 256 g/mol. The number of rotatable bonds is 2. The lowest BCUT2D eigenvalue weighted by atomic mass is 9.83. The Morgan fingerprint density at radius 3 is 2.67 bits per heavy atom. The largest absolute Gasteiger partial charge is 0.353 e. The van der Waals surface area contributed by atoms with E-state index in [1.165, 1.54) is 43.2 Å². The molecule has 1 aromatic heterocycles. The number of nitrogens with zero attached hydrogens (tertiary/aromatic N) is 1. The summed E-state index contributed by atoms with van der Waals surface area (Å²) in [5.74, 6) is 0.667. The third kappa shape index (κ3) is 2.42. The quantitative estimate of drug-likeness (QED) is 0.887. The molecule has 2 aliphatic rings. The van der Waals surface area contributed by atoms with Gasteiger partial charge in [0, 0.05) is 30.9 Å². The number of benzene rings is 1. The lowest BCUT2D eigenvalue weighted by Crippen LogP contribution is -2.15. The number of nitrogens with two attached hydrogens (primary N) is 1. The van der Waals surface area contributed by atoms with Gasteiger partial charge in [-0.2, -0.15) is 0 Å². The van der Waals surface area contributed by atoms with E-state index in [0.29, 0.717) is 5.92 Å². The Morgan fingerprint density at radius 1 is 0.952 bits per heavy atom. The van der Waals surface area contributed by atoms with Gasteiger partial charge in [0.1, 0.15) is 0 Å². The van der Waals surface area contributed by atoms with Crippen LogP contribution in [0.1, 0.15) is 59.9 Å². The predicted molar refractivity (Wildman–Crippen MR) is 86.4 cm³/mol. The summed E-state index contributed by atoms with van der Waals surface area (Å²) >= 11 is 0. The van der Waals surface area contributed by atoms with Crippen LogP contribution >= 0.6 is 0 Å². The smallest absolute Gasteiger partial charge is 0.0312 e. The van der Waals surface area contributed by atoms with E-state index in [9.17, 15) is 0 Å². The minimum absolute atomic E-state index is 0.258. The van der Waals surface area contributed by atoms with Crippen LogP contribution < -0.4 is 5.73 Å². The van der Waals surface area contributed by atoms with Gasteiger partial charge in [-0.25, -0.2) is 0 Å². The molecule has 0 spiro atoms. The zero-order valence-corrected chi connectivity index (χ0v) is 12.6. The zero-order valence-electron chi connectivity index (χ0n) is 12.6. The molecule has 1 heterocycles. The van der Waals surface area contributed by atoms with Crippen molar-refractivity contribution in [3.63, 3.8) is 0 Å². The molecule has 0 aliphatic heterocycles. The highest BCUT2D eigenvalue weighted by atomic mass is 15.0. The Kier molecular flexibility index (Phi) is 3.34. The van der Waals surface area contributed by atoms with Crippen molar-refractivity contribution >= 4 is 0 Å². The van der Waals surface area contributed by atoms with Gasteiger partial charge in [0.05, 0.1) is 0 Å². The SMILES string of the molecule is NC1CCCc2cn(CC3CCCc4ccccc43)cc21. The van der Waals surface area contributed by atoms with Crippen LogP contribution in [-0.2, 0) is 19.4 Å². The highest BCUT2D eigenvalue weighted by Crippen LogP contribution is 2.34. The van der Waals surface area contributed by atoms with E-state index in [4.69, 9.17) is 5.73 Å². The maximum absolute atomic E-state index is 6.26. The molecule has 0 radical (unpaired) electrons. The van der Waals surface area contributed by atoms with Gasteiger partial charge in [-0.1, -0.05) is 24.3 Å². The zero-order chi connectivity index (χ0) is 14.2. The Bertz CT molecular complexity index is 641. The van der Waals surface area contributed by atoms with Crippen molar-refractivity contribution in [3.8, 4) is 0 Å². The lowest BCUT2D eigenvalue weighted by molar-refractivity contribution is 0.483. The second-order valence-corrected chi connectivity index (χ2v) is 6.72. The van der Waals surface area contributed by atoms with E-state index in [-0.39, 0.29) is 6.04 Å². The van der Waals surface area contributed by atoms with Gasteiger partial charge >= 0.3 is 0 Å². The summed E-state index contributed by atoms with van der Waals surface area (Å²) < 4.78 is 2.41. The summed E-state index contributed by atoms with van der Waals surface area (Å²) in [7, 11) is 0. The number of hydrogen-bond donors (Lipinski definition) is 1. The molecule has 2 unspecified atom stereocenters. The minimum Gasteiger partial charge on any atom is -0.353 e. The molecule has 4 rings (SSSR count). The van der Waals surface area contributed by atoms with Crippen molar-refractivity contribution < 1.29 is 0 Å². The Balaban J connectivity index is 1.60. The first-order valence-corrected chi connectivity index (χ1v) is 8.33. The van der Waals surface area contributed by atoms with Crippen LogP contribution in [0.3, 0.4) is 0 Å². The topological polar surface area (TPSA) is 30.9 Å². The maximum Gasteiger partial charge on any atom is 0.0312 e. The van der Waals surface area contributed by atoms with Crippen LogP contribution in [-0.4, -0.2) is 4.57 Å². The fourth-order valence-electron chi connectivity index (χ4n) is 4.19. The van der Waals surface area contributed by atoms with Crippen LogP contribution in [0.2, 0.25) is 0 Å². The van der Waals surface area contributed by atoms with Crippen molar-refractivity contribution in [1.82, 2.24) is 4.57 Å². The highest BCUT2D eigenvalue weighted by Gasteiger charge is 2.22. The first kappa shape index (κ1) is 13.1. The minimum atomic E-state index is 0.258. The van der Waals surface area contributed by atoms with Gasteiger partial charge in [-0.15, -0.1) is 0 Å². The van der Waals surface area contributed by atoms with Crippen LogP contribution in [0.4, 0.5) is 0 Å². The van der Waals surface area contributed by atoms with E-state index < -0.39 is 0 Å². The number of hydrogen-bond acceptors (Lipinski definition) is 1. The van der Waals surface area contributed by atoms with Crippen molar-refractivity contribution in [2.75, 3.05) is 0 Å². The maximum atomic E-state index is 6.26. The molecule has 21 heavy (non-hydrogen) atoms. The average molecular weight is 280 g/mol. The van der Waals surface area contributed by atoms with Crippen molar-refractivity contribution in [2.45, 2.75) is 57.0 Å². The monoisotopic (exact) mass is 280 g/mol. The molecule has 0 bridgehead atoms. The molecule has 0 amide bonds. The lowest BCUT2D eigenvalue weighted by Gasteiger charge is -2.25. The summed E-state index contributed by atoms with van der Waals surface area (Å²) in [4.78, 5) is 0. The number of fused-ring (bicyclic) bond motifs is 2. The van der Waals surface area contributed by atoms with Gasteiger partial charge in [-0.05, 0) is 60.8 Å². The molecule has 1 aromatic carbocycles. The van der Waals surface area contributed by atoms with Crippen LogP contribution in [0, 0.1) is 0 Å². The fourth-order valence-corrected chi connectivity index (χ4v) is 4.19. The predicted octanol–water partition coefficient (Wildman–Crippen LogP) is 3.94. The van der Waals surface area contributed by atoms with Crippen LogP contribution in [0.25, 0.3) is 0 Å². The van der Waals surface area contributed by atoms with E-state index in [0.717, 1.165) is 13.0 Å². The Morgan fingerprint density at radius 2 is 1.76 bits per heavy atom. The van der Waals surface area contributed by atoms with E-state index in [1.54, 1.807) is 11.1 Å². The Labute approximate surface area is 127 Å². The number of aryl methyl sites for hydroxylation is 2. The molecule has 2 aliphatic carbocycles. The molecule has 2 heteroatoms. The molecule has 0 fully saturated rings. The summed E-state index contributed by atoms with van der Waals surface area (Å²) in [6, 6.07) is 9.25. The summed E-state index contributed by atoms with van der Waals surface area (Å²) in [5, 5.41) is 0. The molecule has 0 saturated heterocycles. The first-order valence-electron chi connectivity index (χ1n) is 8.33. The molecule has 2 atom stereocenters.